The molecule has 0 fully saturated rings. The summed E-state index contributed by atoms with van der Waals surface area (Å²) in [6.07, 6.45) is 0.0799. The van der Waals surface area contributed by atoms with Crippen molar-refractivity contribution in [3.05, 3.63) is 29.8 Å². The summed E-state index contributed by atoms with van der Waals surface area (Å²) >= 11 is 0. The number of aliphatic hydroxyl groups is 1. The van der Waals surface area contributed by atoms with E-state index in [9.17, 15) is 9.90 Å². The number of anilines is 1. The Morgan fingerprint density at radius 3 is 2.50 bits per heavy atom. The summed E-state index contributed by atoms with van der Waals surface area (Å²) in [5, 5.41) is 18.8. The maximum Gasteiger partial charge on any atom is 0.340 e. The zero-order chi connectivity index (χ0) is 10.8. The molecule has 1 aromatic carbocycles. The number of benzene rings is 1. The van der Waals surface area contributed by atoms with Crippen LogP contribution < -0.4 is 5.73 Å². The van der Waals surface area contributed by atoms with E-state index in [-0.39, 0.29) is 12.0 Å². The monoisotopic (exact) mass is 195 g/mol. The molecule has 4 nitrogen and oxygen atoms in total. The zero-order valence-corrected chi connectivity index (χ0v) is 7.90. The number of para-hydroxylation sites is 1. The number of nitrogens with two attached hydrogens (primary N) is 1. The summed E-state index contributed by atoms with van der Waals surface area (Å²) < 4.78 is 0. The van der Waals surface area contributed by atoms with E-state index in [2.05, 4.69) is 0 Å². The maximum absolute atomic E-state index is 10.9. The third-order valence-corrected chi connectivity index (χ3v) is 2.27. The van der Waals surface area contributed by atoms with E-state index in [1.54, 1.807) is 25.1 Å². The summed E-state index contributed by atoms with van der Waals surface area (Å²) in [6, 6.07) is 6.43. The normalized spacial score (nSPS) is 14.7. The van der Waals surface area contributed by atoms with Crippen LogP contribution in [-0.2, 0) is 10.4 Å². The molecule has 0 radical (unpaired) electrons. The van der Waals surface area contributed by atoms with Gasteiger partial charge in [-0.15, -0.1) is 0 Å². The van der Waals surface area contributed by atoms with Crippen molar-refractivity contribution in [2.75, 3.05) is 5.73 Å². The standard InChI is InChI=1S/C10H13NO3/c1-2-10(14,9(12)13)7-5-3-4-6-8(7)11/h3-6,14H,2,11H2,1H3,(H,12,13). The molecule has 0 aromatic heterocycles. The van der Waals surface area contributed by atoms with Gasteiger partial charge in [-0.05, 0) is 12.5 Å². The van der Waals surface area contributed by atoms with Crippen molar-refractivity contribution >= 4 is 11.7 Å². The summed E-state index contributed by atoms with van der Waals surface area (Å²) in [6.45, 7) is 1.60. The Labute approximate surface area is 82.0 Å². The van der Waals surface area contributed by atoms with Crippen molar-refractivity contribution in [3.8, 4) is 0 Å². The van der Waals surface area contributed by atoms with Crippen molar-refractivity contribution in [2.45, 2.75) is 18.9 Å². The Hall–Kier alpha value is -1.55. The van der Waals surface area contributed by atoms with Crippen LogP contribution in [0.3, 0.4) is 0 Å². The molecule has 4 N–H and O–H groups in total. The van der Waals surface area contributed by atoms with Crippen LogP contribution >= 0.6 is 0 Å². The van der Waals surface area contributed by atoms with Crippen molar-refractivity contribution in [2.24, 2.45) is 0 Å². The van der Waals surface area contributed by atoms with Gasteiger partial charge in [0.25, 0.3) is 0 Å². The number of nitrogen functional groups attached to an aromatic ring is 1. The number of rotatable bonds is 3. The van der Waals surface area contributed by atoms with Crippen molar-refractivity contribution in [1.82, 2.24) is 0 Å². The van der Waals surface area contributed by atoms with Gasteiger partial charge in [0, 0.05) is 11.3 Å². The number of carboxylic acid groups (broad SMARTS) is 1. The third-order valence-electron chi connectivity index (χ3n) is 2.27. The number of hydrogen-bond acceptors (Lipinski definition) is 3. The highest BCUT2D eigenvalue weighted by Gasteiger charge is 2.37. The zero-order valence-electron chi connectivity index (χ0n) is 7.90. The Kier molecular flexibility index (Phi) is 2.76. The molecule has 0 amide bonds. The number of aliphatic carboxylic acids is 1. The second-order valence-electron chi connectivity index (χ2n) is 3.11. The first-order chi connectivity index (χ1) is 6.52. The molecule has 0 aliphatic carbocycles. The molecule has 1 aromatic rings. The van der Waals surface area contributed by atoms with Crippen LogP contribution in [0.2, 0.25) is 0 Å². The maximum atomic E-state index is 10.9. The average molecular weight is 195 g/mol. The minimum atomic E-state index is -1.88. The van der Waals surface area contributed by atoms with Gasteiger partial charge in [-0.3, -0.25) is 0 Å². The summed E-state index contributed by atoms with van der Waals surface area (Å²) in [4.78, 5) is 10.9. The molecule has 0 aliphatic heterocycles. The predicted molar refractivity (Wildman–Crippen MR) is 52.7 cm³/mol. The lowest BCUT2D eigenvalue weighted by Gasteiger charge is -2.23. The van der Waals surface area contributed by atoms with Crippen molar-refractivity contribution < 1.29 is 15.0 Å². The van der Waals surface area contributed by atoms with Gasteiger partial charge in [0.2, 0.25) is 0 Å². The molecule has 1 atom stereocenters. The predicted octanol–water partition coefficient (Wildman–Crippen LogP) is 0.951. The summed E-state index contributed by atoms with van der Waals surface area (Å²) in [5.41, 5.74) is 4.25. The first-order valence-electron chi connectivity index (χ1n) is 4.33. The fourth-order valence-corrected chi connectivity index (χ4v) is 1.33. The molecule has 0 saturated carbocycles. The van der Waals surface area contributed by atoms with Gasteiger partial charge in [-0.2, -0.15) is 0 Å². The fourth-order valence-electron chi connectivity index (χ4n) is 1.33. The second kappa shape index (κ2) is 3.67. The van der Waals surface area contributed by atoms with Crippen LogP contribution in [0.15, 0.2) is 24.3 Å². The quantitative estimate of drug-likeness (QED) is 0.627. The summed E-state index contributed by atoms with van der Waals surface area (Å²) in [7, 11) is 0. The Bertz CT molecular complexity index is 351. The lowest BCUT2D eigenvalue weighted by molar-refractivity contribution is -0.160. The van der Waals surface area contributed by atoms with Crippen LogP contribution in [0.1, 0.15) is 18.9 Å². The van der Waals surface area contributed by atoms with Gasteiger partial charge in [0.15, 0.2) is 5.60 Å². The lowest BCUT2D eigenvalue weighted by Crippen LogP contribution is -2.35. The van der Waals surface area contributed by atoms with Crippen LogP contribution in [0, 0.1) is 0 Å². The fraction of sp³-hybridized carbons (Fsp3) is 0.300. The van der Waals surface area contributed by atoms with E-state index in [0.29, 0.717) is 5.69 Å². The average Bonchev–Trinajstić information content (AvgIpc) is 2.17. The largest absolute Gasteiger partial charge is 0.479 e. The van der Waals surface area contributed by atoms with E-state index in [1.165, 1.54) is 6.07 Å². The topological polar surface area (TPSA) is 83.5 Å². The van der Waals surface area contributed by atoms with E-state index >= 15 is 0 Å². The molecule has 14 heavy (non-hydrogen) atoms. The number of carboxylic acids is 1. The van der Waals surface area contributed by atoms with E-state index in [1.807, 2.05) is 0 Å². The minimum Gasteiger partial charge on any atom is -0.479 e. The smallest absolute Gasteiger partial charge is 0.340 e. The van der Waals surface area contributed by atoms with Crippen LogP contribution in [0.5, 0.6) is 0 Å². The Morgan fingerprint density at radius 1 is 1.50 bits per heavy atom. The van der Waals surface area contributed by atoms with E-state index in [4.69, 9.17) is 10.8 Å². The molecule has 0 heterocycles. The van der Waals surface area contributed by atoms with E-state index < -0.39 is 11.6 Å². The van der Waals surface area contributed by atoms with Gasteiger partial charge in [-0.1, -0.05) is 25.1 Å². The highest BCUT2D eigenvalue weighted by Crippen LogP contribution is 2.29. The first-order valence-corrected chi connectivity index (χ1v) is 4.33. The van der Waals surface area contributed by atoms with Crippen LogP contribution in [0.4, 0.5) is 5.69 Å². The molecule has 0 bridgehead atoms. The van der Waals surface area contributed by atoms with Crippen molar-refractivity contribution in [3.63, 3.8) is 0 Å². The lowest BCUT2D eigenvalue weighted by atomic mass is 9.90. The molecule has 4 heteroatoms. The Morgan fingerprint density at radius 2 is 2.07 bits per heavy atom. The molecule has 0 aliphatic rings. The minimum absolute atomic E-state index is 0.0799. The molecule has 1 unspecified atom stereocenters. The van der Waals surface area contributed by atoms with Gasteiger partial charge >= 0.3 is 5.97 Å². The molecular weight excluding hydrogens is 182 g/mol. The van der Waals surface area contributed by atoms with Gasteiger partial charge in [0.1, 0.15) is 0 Å². The SMILES string of the molecule is CCC(O)(C(=O)O)c1ccccc1N. The highest BCUT2D eigenvalue weighted by atomic mass is 16.4. The molecule has 1 rings (SSSR count). The Balaban J connectivity index is 3.26. The number of carbonyl (C=O) groups is 1. The van der Waals surface area contributed by atoms with Crippen molar-refractivity contribution in [1.29, 1.82) is 0 Å². The molecule has 76 valence electrons. The van der Waals surface area contributed by atoms with Crippen LogP contribution in [-0.4, -0.2) is 16.2 Å². The van der Waals surface area contributed by atoms with Gasteiger partial charge < -0.3 is 15.9 Å². The van der Waals surface area contributed by atoms with Crippen LogP contribution in [0.25, 0.3) is 0 Å². The summed E-state index contributed by atoms with van der Waals surface area (Å²) in [5.74, 6) is -1.28. The van der Waals surface area contributed by atoms with E-state index in [0.717, 1.165) is 0 Å². The first kappa shape index (κ1) is 10.5. The van der Waals surface area contributed by atoms with Gasteiger partial charge in [-0.25, -0.2) is 4.79 Å². The second-order valence-corrected chi connectivity index (χ2v) is 3.11. The van der Waals surface area contributed by atoms with Gasteiger partial charge in [0.05, 0.1) is 0 Å². The molecular formula is C10H13NO3. The highest BCUT2D eigenvalue weighted by molar-refractivity contribution is 5.81. The number of hydrogen-bond donors (Lipinski definition) is 3. The molecule has 0 spiro atoms. The molecule has 0 saturated heterocycles. The third kappa shape index (κ3) is 1.56.